The number of halogens is 1. The van der Waals surface area contributed by atoms with Crippen LogP contribution in [0, 0.1) is 6.92 Å². The smallest absolute Gasteiger partial charge is 0.139 e. The molecule has 2 heterocycles. The zero-order valence-corrected chi connectivity index (χ0v) is 12.7. The van der Waals surface area contributed by atoms with Gasteiger partial charge in [-0.25, -0.2) is 4.98 Å². The molecular weight excluding hydrogens is 286 g/mol. The normalized spacial score (nSPS) is 11.0. The fourth-order valence-corrected chi connectivity index (χ4v) is 2.51. The number of nitrogen functional groups attached to an aromatic ring is 1. The molecule has 0 spiro atoms. The Morgan fingerprint density at radius 3 is 2.86 bits per heavy atom. The minimum atomic E-state index is 0.555. The maximum Gasteiger partial charge on any atom is 0.139 e. The second-order valence-corrected chi connectivity index (χ2v) is 5.29. The lowest BCUT2D eigenvalue weighted by atomic mass is 10.1. The zero-order chi connectivity index (χ0) is 15.0. The van der Waals surface area contributed by atoms with Gasteiger partial charge in [0.25, 0.3) is 0 Å². The molecule has 2 aromatic heterocycles. The summed E-state index contributed by atoms with van der Waals surface area (Å²) >= 11 is 6.02. The van der Waals surface area contributed by atoms with Crippen LogP contribution in [0.3, 0.4) is 0 Å². The summed E-state index contributed by atoms with van der Waals surface area (Å²) in [5, 5.41) is 0.618. The Hall–Kier alpha value is -2.20. The van der Waals surface area contributed by atoms with E-state index in [2.05, 4.69) is 4.98 Å². The number of hydrogen-bond acceptors (Lipinski definition) is 3. The number of aryl methyl sites for hydroxylation is 1. The van der Waals surface area contributed by atoms with Gasteiger partial charge in [-0.1, -0.05) is 23.2 Å². The highest BCUT2D eigenvalue weighted by Gasteiger charge is 2.16. The molecule has 3 rings (SSSR count). The van der Waals surface area contributed by atoms with Gasteiger partial charge in [0.2, 0.25) is 0 Å². The summed E-state index contributed by atoms with van der Waals surface area (Å²) in [7, 11) is 0. The van der Waals surface area contributed by atoms with E-state index in [0.29, 0.717) is 23.1 Å². The van der Waals surface area contributed by atoms with Crippen LogP contribution in [-0.4, -0.2) is 16.0 Å². The van der Waals surface area contributed by atoms with E-state index in [1.165, 1.54) is 0 Å². The van der Waals surface area contributed by atoms with Crippen LogP contribution < -0.4 is 10.5 Å². The number of nitrogens with two attached hydrogens (primary N) is 1. The lowest BCUT2D eigenvalue weighted by Crippen LogP contribution is -1.97. The number of fused-ring (bicyclic) bond motifs is 1. The van der Waals surface area contributed by atoms with Crippen LogP contribution in [0.1, 0.15) is 12.5 Å². The molecular formula is C16H16ClN3O. The molecule has 3 aromatic rings. The number of imidazole rings is 1. The van der Waals surface area contributed by atoms with E-state index in [0.717, 1.165) is 22.5 Å². The van der Waals surface area contributed by atoms with Crippen molar-refractivity contribution < 1.29 is 4.74 Å². The molecule has 2 N–H and O–H groups in total. The average Bonchev–Trinajstić information content (AvgIpc) is 2.78. The monoisotopic (exact) mass is 301 g/mol. The first kappa shape index (κ1) is 13.8. The molecule has 0 fully saturated rings. The highest BCUT2D eigenvalue weighted by molar-refractivity contribution is 6.30. The van der Waals surface area contributed by atoms with Gasteiger partial charge in [0, 0.05) is 11.8 Å². The predicted octanol–water partition coefficient (Wildman–Crippen LogP) is 3.94. The lowest BCUT2D eigenvalue weighted by molar-refractivity contribution is 0.341. The average molecular weight is 302 g/mol. The van der Waals surface area contributed by atoms with Crippen LogP contribution in [0.4, 0.5) is 5.82 Å². The van der Waals surface area contributed by atoms with Crippen LogP contribution in [-0.2, 0) is 0 Å². The number of hydrogen-bond donors (Lipinski definition) is 1. The Balaban J connectivity index is 2.25. The third-order valence-electron chi connectivity index (χ3n) is 3.31. The van der Waals surface area contributed by atoms with Gasteiger partial charge in [0.1, 0.15) is 22.9 Å². The summed E-state index contributed by atoms with van der Waals surface area (Å²) in [6.45, 7) is 4.58. The Morgan fingerprint density at radius 1 is 1.29 bits per heavy atom. The van der Waals surface area contributed by atoms with Gasteiger partial charge < -0.3 is 10.5 Å². The van der Waals surface area contributed by atoms with Crippen molar-refractivity contribution in [2.24, 2.45) is 0 Å². The predicted molar refractivity (Wildman–Crippen MR) is 86.0 cm³/mol. The summed E-state index contributed by atoms with van der Waals surface area (Å²) in [4.78, 5) is 4.61. The molecule has 4 nitrogen and oxygen atoms in total. The summed E-state index contributed by atoms with van der Waals surface area (Å²) < 4.78 is 7.48. The SMILES string of the molecule is CCOc1ccc(C)cc1-c1nc2ccc(Cl)cn2c1N. The van der Waals surface area contributed by atoms with E-state index in [1.807, 2.05) is 38.1 Å². The molecule has 0 atom stereocenters. The number of pyridine rings is 1. The Labute approximate surface area is 128 Å². The third kappa shape index (κ3) is 2.43. The molecule has 21 heavy (non-hydrogen) atoms. The number of anilines is 1. The van der Waals surface area contributed by atoms with Crippen LogP contribution in [0.2, 0.25) is 5.02 Å². The molecule has 1 aromatic carbocycles. The molecule has 0 amide bonds. The Morgan fingerprint density at radius 2 is 2.10 bits per heavy atom. The van der Waals surface area contributed by atoms with Gasteiger partial charge in [0.15, 0.2) is 0 Å². The van der Waals surface area contributed by atoms with E-state index in [-0.39, 0.29) is 0 Å². The van der Waals surface area contributed by atoms with E-state index in [4.69, 9.17) is 22.1 Å². The molecule has 0 unspecified atom stereocenters. The maximum atomic E-state index is 6.24. The highest BCUT2D eigenvalue weighted by Crippen LogP contribution is 2.35. The first-order chi connectivity index (χ1) is 10.1. The zero-order valence-electron chi connectivity index (χ0n) is 11.9. The second-order valence-electron chi connectivity index (χ2n) is 4.85. The third-order valence-corrected chi connectivity index (χ3v) is 3.53. The van der Waals surface area contributed by atoms with Gasteiger partial charge >= 0.3 is 0 Å². The van der Waals surface area contributed by atoms with E-state index >= 15 is 0 Å². The van der Waals surface area contributed by atoms with Crippen molar-refractivity contribution in [3.63, 3.8) is 0 Å². The van der Waals surface area contributed by atoms with Crippen molar-refractivity contribution in [3.05, 3.63) is 47.1 Å². The summed E-state index contributed by atoms with van der Waals surface area (Å²) in [5.74, 6) is 1.34. The van der Waals surface area contributed by atoms with E-state index in [1.54, 1.807) is 16.7 Å². The molecule has 0 aliphatic carbocycles. The van der Waals surface area contributed by atoms with Crippen molar-refractivity contribution in [2.45, 2.75) is 13.8 Å². The molecule has 5 heteroatoms. The van der Waals surface area contributed by atoms with Gasteiger partial charge in [-0.15, -0.1) is 0 Å². The number of aromatic nitrogens is 2. The molecule has 0 bridgehead atoms. The van der Waals surface area contributed by atoms with Crippen molar-refractivity contribution in [2.75, 3.05) is 12.3 Å². The summed E-state index contributed by atoms with van der Waals surface area (Å²) in [6.07, 6.45) is 1.76. The maximum absolute atomic E-state index is 6.24. The number of nitrogens with zero attached hydrogens (tertiary/aromatic N) is 2. The van der Waals surface area contributed by atoms with Gasteiger partial charge in [0.05, 0.1) is 11.6 Å². The molecule has 0 saturated heterocycles. The van der Waals surface area contributed by atoms with Crippen LogP contribution >= 0.6 is 11.6 Å². The number of rotatable bonds is 3. The molecule has 0 saturated carbocycles. The van der Waals surface area contributed by atoms with Crippen molar-refractivity contribution in [3.8, 4) is 17.0 Å². The molecule has 108 valence electrons. The fourth-order valence-electron chi connectivity index (χ4n) is 2.35. The largest absolute Gasteiger partial charge is 0.493 e. The topological polar surface area (TPSA) is 52.5 Å². The Kier molecular flexibility index (Phi) is 3.47. The first-order valence-corrected chi connectivity index (χ1v) is 7.15. The summed E-state index contributed by atoms with van der Waals surface area (Å²) in [6, 6.07) is 9.64. The molecule has 0 aliphatic rings. The standard InChI is InChI=1S/C16H16ClN3O/c1-3-21-13-6-4-10(2)8-12(13)15-16(18)20-9-11(17)5-7-14(20)19-15/h4-9H,3,18H2,1-2H3. The van der Waals surface area contributed by atoms with Crippen LogP contribution in [0.25, 0.3) is 16.9 Å². The van der Waals surface area contributed by atoms with Gasteiger partial charge in [-0.05, 0) is 38.1 Å². The minimum Gasteiger partial charge on any atom is -0.493 e. The number of ether oxygens (including phenoxy) is 1. The second kappa shape index (κ2) is 5.30. The Bertz CT molecular complexity index is 811. The van der Waals surface area contributed by atoms with Crippen molar-refractivity contribution in [1.82, 2.24) is 9.38 Å². The number of benzene rings is 1. The molecule has 0 radical (unpaired) electrons. The van der Waals surface area contributed by atoms with Crippen molar-refractivity contribution in [1.29, 1.82) is 0 Å². The lowest BCUT2D eigenvalue weighted by Gasteiger charge is -2.10. The molecule has 0 aliphatic heterocycles. The van der Waals surface area contributed by atoms with E-state index in [9.17, 15) is 0 Å². The van der Waals surface area contributed by atoms with E-state index < -0.39 is 0 Å². The quantitative estimate of drug-likeness (QED) is 0.797. The van der Waals surface area contributed by atoms with Crippen molar-refractivity contribution >= 4 is 23.1 Å². The first-order valence-electron chi connectivity index (χ1n) is 6.77. The minimum absolute atomic E-state index is 0.555. The van der Waals surface area contributed by atoms with Gasteiger partial charge in [-0.2, -0.15) is 0 Å². The highest BCUT2D eigenvalue weighted by atomic mass is 35.5. The van der Waals surface area contributed by atoms with Crippen LogP contribution in [0.15, 0.2) is 36.5 Å². The van der Waals surface area contributed by atoms with Gasteiger partial charge in [-0.3, -0.25) is 4.40 Å². The fraction of sp³-hybridized carbons (Fsp3) is 0.188. The summed E-state index contributed by atoms with van der Waals surface area (Å²) in [5.41, 5.74) is 9.74. The van der Waals surface area contributed by atoms with Crippen LogP contribution in [0.5, 0.6) is 5.75 Å².